The van der Waals surface area contributed by atoms with Crippen LogP contribution >= 0.6 is 0 Å². The second-order valence-electron chi connectivity index (χ2n) is 9.01. The van der Waals surface area contributed by atoms with Gasteiger partial charge in [-0.05, 0) is 0 Å². The maximum absolute atomic E-state index is 5.22. The first-order valence-electron chi connectivity index (χ1n) is 12.4. The van der Waals surface area contributed by atoms with Crippen molar-refractivity contribution in [1.82, 2.24) is 9.78 Å². The molecule has 0 N–H and O–H groups in total. The summed E-state index contributed by atoms with van der Waals surface area (Å²) in [5, 5.41) is 5.22. The summed E-state index contributed by atoms with van der Waals surface area (Å²) in [6.07, 6.45) is 7.99. The third-order valence-corrected chi connectivity index (χ3v) is 22.6. The van der Waals surface area contributed by atoms with Crippen molar-refractivity contribution in [2.75, 3.05) is 0 Å². The summed E-state index contributed by atoms with van der Waals surface area (Å²) < 4.78 is 8.36. The number of hydrogen-bond donors (Lipinski definition) is 0. The van der Waals surface area contributed by atoms with Crippen molar-refractivity contribution in [1.29, 1.82) is 0 Å². The molecule has 0 aliphatic heterocycles. The predicted molar refractivity (Wildman–Crippen MR) is 138 cm³/mol. The van der Waals surface area contributed by atoms with Crippen molar-refractivity contribution in [2.45, 2.75) is 79.5 Å². The number of unbranched alkanes of at least 4 members (excludes halogenated alkanes) is 3. The molecule has 1 aromatic heterocycles. The van der Waals surface area contributed by atoms with Gasteiger partial charge in [-0.1, -0.05) is 0 Å². The fraction of sp³-hybridized carbons (Fsp3) is 0.464. The van der Waals surface area contributed by atoms with E-state index < -0.39 is 18.4 Å². The van der Waals surface area contributed by atoms with E-state index in [1.165, 1.54) is 74.5 Å². The van der Waals surface area contributed by atoms with Crippen LogP contribution in [-0.4, -0.2) is 28.2 Å². The van der Waals surface area contributed by atoms with Gasteiger partial charge in [0.2, 0.25) is 0 Å². The fourth-order valence-electron chi connectivity index (χ4n) is 5.08. The summed E-state index contributed by atoms with van der Waals surface area (Å²) in [5.74, 6) is 0. The summed E-state index contributed by atoms with van der Waals surface area (Å²) in [6.45, 7) is 9.36. The van der Waals surface area contributed by atoms with Crippen LogP contribution in [0.1, 0.15) is 65.0 Å². The Morgan fingerprint density at radius 3 is 1.68 bits per heavy atom. The van der Waals surface area contributed by atoms with Crippen molar-refractivity contribution in [2.24, 2.45) is 0 Å². The SMILES string of the molecule is CCC[CH2][Sn]([CH2]CCC)([CH2]CCC)[c]1c(C)nn(-c2ccccc2)c1-c1ccccc1. The predicted octanol–water partition coefficient (Wildman–Crippen LogP) is 7.90. The zero-order chi connectivity index (χ0) is 22.1. The Bertz CT molecular complexity index is 893. The topological polar surface area (TPSA) is 17.8 Å². The summed E-state index contributed by atoms with van der Waals surface area (Å²) in [4.78, 5) is 0. The number of hydrogen-bond acceptors (Lipinski definition) is 1. The third-order valence-electron chi connectivity index (χ3n) is 6.67. The van der Waals surface area contributed by atoms with E-state index in [-0.39, 0.29) is 0 Å². The number of benzene rings is 2. The standard InChI is InChI=1S/C16H13N2.3C4H9.Sn/c1-13-12-16(14-8-4-2-5-9-14)18(17-13)15-10-6-3-7-11-15;3*1-3-4-2;/h2-11H,1H3;3*1,3-4H2,2H3;. The molecule has 3 heteroatoms. The second-order valence-corrected chi connectivity index (χ2v) is 22.0. The maximum atomic E-state index is 5.22. The van der Waals surface area contributed by atoms with E-state index in [2.05, 4.69) is 93.0 Å². The molecule has 0 saturated heterocycles. The Labute approximate surface area is 194 Å². The number of para-hydroxylation sites is 1. The Morgan fingerprint density at radius 2 is 1.19 bits per heavy atom. The molecule has 166 valence electrons. The molecular formula is C28H40N2Sn. The molecule has 2 aromatic carbocycles. The van der Waals surface area contributed by atoms with Gasteiger partial charge in [-0.15, -0.1) is 0 Å². The third kappa shape index (κ3) is 5.63. The van der Waals surface area contributed by atoms with Crippen molar-refractivity contribution in [3.63, 3.8) is 0 Å². The van der Waals surface area contributed by atoms with Gasteiger partial charge in [0.25, 0.3) is 0 Å². The molecular weight excluding hydrogens is 483 g/mol. The van der Waals surface area contributed by atoms with E-state index in [9.17, 15) is 0 Å². The molecule has 0 radical (unpaired) electrons. The van der Waals surface area contributed by atoms with Crippen LogP contribution in [0.3, 0.4) is 0 Å². The summed E-state index contributed by atoms with van der Waals surface area (Å²) >= 11 is -2.67. The quantitative estimate of drug-likeness (QED) is 0.221. The van der Waals surface area contributed by atoms with Gasteiger partial charge in [0.1, 0.15) is 0 Å². The molecule has 0 saturated carbocycles. The van der Waals surface area contributed by atoms with Crippen LogP contribution in [0.5, 0.6) is 0 Å². The van der Waals surface area contributed by atoms with Gasteiger partial charge in [0.05, 0.1) is 0 Å². The molecule has 3 aromatic rings. The van der Waals surface area contributed by atoms with Crippen LogP contribution in [-0.2, 0) is 0 Å². The first-order chi connectivity index (χ1) is 15.2. The summed E-state index contributed by atoms with van der Waals surface area (Å²) in [7, 11) is 0. The molecule has 3 rings (SSSR count). The molecule has 0 spiro atoms. The number of rotatable bonds is 12. The van der Waals surface area contributed by atoms with Gasteiger partial charge in [-0.2, -0.15) is 0 Å². The van der Waals surface area contributed by atoms with Crippen LogP contribution in [0.4, 0.5) is 0 Å². The second kappa shape index (κ2) is 11.9. The monoisotopic (exact) mass is 524 g/mol. The molecule has 0 atom stereocenters. The zero-order valence-corrected chi connectivity index (χ0v) is 22.9. The van der Waals surface area contributed by atoms with E-state index >= 15 is 0 Å². The van der Waals surface area contributed by atoms with Crippen LogP contribution in [0.25, 0.3) is 16.9 Å². The van der Waals surface area contributed by atoms with E-state index in [1.807, 2.05) is 0 Å². The first-order valence-corrected chi connectivity index (χ1v) is 19.9. The van der Waals surface area contributed by atoms with Gasteiger partial charge in [-0.25, -0.2) is 0 Å². The van der Waals surface area contributed by atoms with Crippen molar-refractivity contribution >= 4 is 22.0 Å². The Kier molecular flexibility index (Phi) is 9.25. The number of nitrogens with zero attached hydrogens (tertiary/aromatic N) is 2. The first kappa shape index (κ1) is 24.1. The normalized spacial score (nSPS) is 11.7. The minimum atomic E-state index is -2.67. The molecule has 0 bridgehead atoms. The Morgan fingerprint density at radius 1 is 0.710 bits per heavy atom. The Hall–Kier alpha value is -1.55. The van der Waals surface area contributed by atoms with Gasteiger partial charge >= 0.3 is 195 Å². The van der Waals surface area contributed by atoms with Crippen LogP contribution in [0, 0.1) is 6.92 Å². The molecule has 2 nitrogen and oxygen atoms in total. The molecule has 0 unspecified atom stereocenters. The minimum absolute atomic E-state index is 1.18. The van der Waals surface area contributed by atoms with Crippen molar-refractivity contribution < 1.29 is 0 Å². The van der Waals surface area contributed by atoms with Gasteiger partial charge < -0.3 is 0 Å². The van der Waals surface area contributed by atoms with Gasteiger partial charge in [-0.3, -0.25) is 0 Å². The molecule has 0 aliphatic carbocycles. The van der Waals surface area contributed by atoms with E-state index in [0.29, 0.717) is 0 Å². The number of aromatic nitrogens is 2. The fourth-order valence-corrected chi connectivity index (χ4v) is 22.7. The average Bonchev–Trinajstić information content (AvgIpc) is 3.18. The molecule has 1 heterocycles. The Balaban J connectivity index is 2.28. The van der Waals surface area contributed by atoms with Gasteiger partial charge in [0.15, 0.2) is 0 Å². The van der Waals surface area contributed by atoms with Crippen LogP contribution in [0.2, 0.25) is 13.3 Å². The number of aryl methyl sites for hydroxylation is 1. The van der Waals surface area contributed by atoms with E-state index in [1.54, 1.807) is 3.58 Å². The van der Waals surface area contributed by atoms with E-state index in [0.717, 1.165) is 0 Å². The molecule has 0 aliphatic rings. The summed E-state index contributed by atoms with van der Waals surface area (Å²) in [6, 6.07) is 21.8. The van der Waals surface area contributed by atoms with Crippen LogP contribution in [0.15, 0.2) is 60.7 Å². The van der Waals surface area contributed by atoms with Crippen molar-refractivity contribution in [3.05, 3.63) is 66.4 Å². The molecule has 0 amide bonds. The molecule has 31 heavy (non-hydrogen) atoms. The summed E-state index contributed by atoms with van der Waals surface area (Å²) in [5.41, 5.74) is 5.19. The zero-order valence-electron chi connectivity index (χ0n) is 20.0. The van der Waals surface area contributed by atoms with Crippen molar-refractivity contribution in [3.8, 4) is 16.9 Å². The average molecular weight is 523 g/mol. The van der Waals surface area contributed by atoms with Gasteiger partial charge in [0, 0.05) is 0 Å². The molecule has 0 fully saturated rings. The van der Waals surface area contributed by atoms with E-state index in [4.69, 9.17) is 5.10 Å². The van der Waals surface area contributed by atoms with Crippen LogP contribution < -0.4 is 3.58 Å².